The summed E-state index contributed by atoms with van der Waals surface area (Å²) in [5, 5.41) is 29.7. The minimum absolute atomic E-state index is 0.0684. The fourth-order valence-electron chi connectivity index (χ4n) is 24.2. The zero-order chi connectivity index (χ0) is 88.6. The lowest BCUT2D eigenvalue weighted by molar-refractivity contribution is -0.259. The first-order valence-electron chi connectivity index (χ1n) is 46.0. The highest BCUT2D eigenvalue weighted by molar-refractivity contribution is 5.94. The summed E-state index contributed by atoms with van der Waals surface area (Å²) in [4.78, 5) is 44.7. The van der Waals surface area contributed by atoms with Crippen LogP contribution in [0, 0.1) is 0 Å². The molecule has 26 heteroatoms. The first-order chi connectivity index (χ1) is 54.1. The van der Waals surface area contributed by atoms with Crippen molar-refractivity contribution in [2.75, 3.05) is 68.5 Å². The Balaban J connectivity index is 1.01. The Morgan fingerprint density at radius 1 is 0.294 bits per heavy atom. The van der Waals surface area contributed by atoms with Crippen LogP contribution in [0.15, 0.2) is 51.1 Å². The number of nitrogens with zero attached hydrogens (tertiary/aromatic N) is 15. The van der Waals surface area contributed by atoms with Gasteiger partial charge in [0, 0.05) is 184 Å². The molecular formula is C93H174N20O6. The lowest BCUT2D eigenvalue weighted by Gasteiger charge is -2.54. The van der Waals surface area contributed by atoms with Crippen molar-refractivity contribution in [2.45, 2.75) is 474 Å². The number of hydrogen-bond acceptors (Lipinski definition) is 26. The molecule has 11 rings (SSSR count). The van der Waals surface area contributed by atoms with Crippen LogP contribution in [0.25, 0.3) is 0 Å². The molecule has 0 aromatic heterocycles. The van der Waals surface area contributed by atoms with E-state index in [4.69, 9.17) is 44.0 Å². The van der Waals surface area contributed by atoms with E-state index in [1.165, 1.54) is 0 Å². The van der Waals surface area contributed by atoms with Crippen molar-refractivity contribution >= 4 is 17.6 Å². The molecule has 0 atom stereocenters. The minimum Gasteiger partial charge on any atom is -0.474 e. The Morgan fingerprint density at radius 2 is 0.529 bits per heavy atom. The SMILES string of the molecule is CN1C(C)(C)CC(OC2=CC(N(CCCN(CCCN(C3=NN(OC4CC(C)(C)N(C)C(C)(C)C4)NC(OC4CC(C)(C)N(C)C(C)(C)C4)=C3)C3CC(C)(C)NC(C)(C)C3)C3=CC(OC4CC(C)(C)N(C)C(C)(C)C4)=NN(OC4CC(C)(C)N(C)C(C)(C)C4)N3)C3CC(C)(C)NC(C)(C)C3)=NN(OC3CC(C)(C)N(C)C(C)(C)C3)N2)CC1(C)C. The Morgan fingerprint density at radius 3 is 0.790 bits per heavy atom. The number of piperidine rings is 8. The number of ether oxygens (including phenoxy) is 3. The molecule has 0 aliphatic carbocycles. The number of amidine groups is 2. The van der Waals surface area contributed by atoms with E-state index in [0.717, 1.165) is 133 Å². The Kier molecular flexibility index (Phi) is 26.3. The second-order valence-electron chi connectivity index (χ2n) is 49.0. The summed E-state index contributed by atoms with van der Waals surface area (Å²) < 4.78 is 22.2. The number of rotatable bonds is 22. The van der Waals surface area contributed by atoms with Crippen LogP contribution < -0.4 is 26.9 Å². The van der Waals surface area contributed by atoms with E-state index >= 15 is 0 Å². The van der Waals surface area contributed by atoms with Gasteiger partial charge in [-0.25, -0.2) is 30.8 Å². The third-order valence-electron chi connectivity index (χ3n) is 31.0. The van der Waals surface area contributed by atoms with Crippen molar-refractivity contribution in [2.24, 2.45) is 15.3 Å². The molecule has 26 nitrogen and oxygen atoms in total. The summed E-state index contributed by atoms with van der Waals surface area (Å²) in [6.07, 6.45) is 21.0. The van der Waals surface area contributed by atoms with Crippen molar-refractivity contribution in [3.63, 3.8) is 0 Å². The lowest BCUT2D eigenvalue weighted by atomic mass is 9.78. The van der Waals surface area contributed by atoms with Gasteiger partial charge >= 0.3 is 0 Å². The van der Waals surface area contributed by atoms with Gasteiger partial charge in [0.1, 0.15) is 24.1 Å². The summed E-state index contributed by atoms with van der Waals surface area (Å²) in [6.45, 7) is 77.7. The predicted molar refractivity (Wildman–Crippen MR) is 484 cm³/mol. The zero-order valence-electron chi connectivity index (χ0n) is 82.6. The average Bonchev–Trinajstić information content (AvgIpc) is 0.779. The van der Waals surface area contributed by atoms with E-state index < -0.39 is 0 Å². The molecule has 0 aromatic rings. The van der Waals surface area contributed by atoms with E-state index in [1.54, 1.807) is 15.8 Å². The van der Waals surface area contributed by atoms with E-state index in [-0.39, 0.29) is 137 Å². The van der Waals surface area contributed by atoms with Crippen molar-refractivity contribution in [3.05, 3.63) is 35.8 Å². The molecule has 11 aliphatic heterocycles. The van der Waals surface area contributed by atoms with Crippen LogP contribution in [0.1, 0.15) is 337 Å². The van der Waals surface area contributed by atoms with E-state index in [1.807, 2.05) is 0 Å². The van der Waals surface area contributed by atoms with E-state index in [2.05, 4.69) is 353 Å². The van der Waals surface area contributed by atoms with Crippen LogP contribution >= 0.6 is 0 Å². The van der Waals surface area contributed by atoms with Gasteiger partial charge in [-0.1, -0.05) is 20.9 Å². The van der Waals surface area contributed by atoms with Gasteiger partial charge in [-0.2, -0.15) is 0 Å². The molecule has 0 spiro atoms. The van der Waals surface area contributed by atoms with Crippen LogP contribution in [0.4, 0.5) is 0 Å². The molecule has 5 N–H and O–H groups in total. The maximum atomic E-state index is 7.40. The van der Waals surface area contributed by atoms with Gasteiger partial charge in [0.15, 0.2) is 11.7 Å². The minimum atomic E-state index is -0.192. The predicted octanol–water partition coefficient (Wildman–Crippen LogP) is 15.0. The maximum Gasteiger partial charge on any atom is 0.239 e. The smallest absolute Gasteiger partial charge is 0.239 e. The highest BCUT2D eigenvalue weighted by Gasteiger charge is 2.53. The molecule has 682 valence electrons. The summed E-state index contributed by atoms with van der Waals surface area (Å²) in [5.41, 5.74) is 8.91. The number of hydrogen-bond donors (Lipinski definition) is 5. The third-order valence-corrected chi connectivity index (χ3v) is 31.0. The second-order valence-corrected chi connectivity index (χ2v) is 49.0. The van der Waals surface area contributed by atoms with Crippen LogP contribution in [0.2, 0.25) is 0 Å². The maximum absolute atomic E-state index is 7.40. The van der Waals surface area contributed by atoms with Gasteiger partial charge in [-0.3, -0.25) is 29.4 Å². The Labute approximate surface area is 723 Å². The molecule has 0 radical (unpaired) electrons. The van der Waals surface area contributed by atoms with Crippen LogP contribution in [0.5, 0.6) is 0 Å². The summed E-state index contributed by atoms with van der Waals surface area (Å²) in [6, 6.07) is 0.168. The molecular weight excluding hydrogens is 1490 g/mol. The Bertz CT molecular complexity index is 3440. The van der Waals surface area contributed by atoms with Gasteiger partial charge < -0.3 is 39.5 Å². The lowest BCUT2D eigenvalue weighted by Crippen LogP contribution is -2.63. The fourth-order valence-corrected chi connectivity index (χ4v) is 24.2. The van der Waals surface area contributed by atoms with Crippen molar-refractivity contribution < 1.29 is 28.7 Å². The van der Waals surface area contributed by atoms with Gasteiger partial charge in [0.2, 0.25) is 17.7 Å². The number of hydrazone groups is 3. The average molecular weight is 1670 g/mol. The molecule has 0 bridgehead atoms. The van der Waals surface area contributed by atoms with Gasteiger partial charge in [-0.05, 0) is 341 Å². The van der Waals surface area contributed by atoms with Gasteiger partial charge in [-0.15, -0.1) is 10.2 Å². The van der Waals surface area contributed by atoms with Crippen molar-refractivity contribution in [1.29, 1.82) is 0 Å². The van der Waals surface area contributed by atoms with Gasteiger partial charge in [0.25, 0.3) is 0 Å². The largest absolute Gasteiger partial charge is 0.474 e. The first kappa shape index (κ1) is 95.1. The normalized spacial score (nSPS) is 29.3. The Hall–Kier alpha value is -4.61. The van der Waals surface area contributed by atoms with Crippen LogP contribution in [0.3, 0.4) is 0 Å². The molecule has 119 heavy (non-hydrogen) atoms. The van der Waals surface area contributed by atoms with Crippen LogP contribution in [-0.4, -0.2) is 283 Å². The molecule has 11 aliphatic rings. The standard InChI is InChI=1S/C93H174N20O6/c1-78(2)48-64(49-79(3,4)100-78)109(73-46-76(115-67-54-84(13,14)103(34)85(15,16)55-67)98-112(95-73)118-70-60-90(25,26)106(37)91(27,28)61-70)43-39-41-108(72-45-75(114-66-52-82(9,10)102(33)83(11,12)53-66)97-111(94-72)117-69-58-88(21,22)105(36)89(23,24)59-69)42-40-44-110(65-50-80(5,6)101-81(7,8)51-65)74-47-77(116-68-56-86(17,18)104(35)87(19,20)57-68)99-113(96-74)119-71-62-92(29,30)107(38)93(31,32)63-71/h45-47,64-71,94,98-101H,39-44,48-63H2,1-38H3. The second kappa shape index (κ2) is 33.0. The fraction of sp³-hybridized carbons (Fsp3) is 0.903. The zero-order valence-corrected chi connectivity index (χ0v) is 82.6. The quantitative estimate of drug-likeness (QED) is 0.0687. The summed E-state index contributed by atoms with van der Waals surface area (Å²) >= 11 is 0. The van der Waals surface area contributed by atoms with Gasteiger partial charge in [0.05, 0.1) is 18.3 Å². The summed E-state index contributed by atoms with van der Waals surface area (Å²) in [5.74, 6) is 4.33. The molecule has 0 saturated carbocycles. The molecule has 0 amide bonds. The monoisotopic (exact) mass is 1670 g/mol. The topological polar surface area (TPSA) is 191 Å². The van der Waals surface area contributed by atoms with E-state index in [0.29, 0.717) is 43.8 Å². The highest BCUT2D eigenvalue weighted by atomic mass is 16.8. The molecule has 0 unspecified atom stereocenters. The first-order valence-corrected chi connectivity index (χ1v) is 46.0. The third kappa shape index (κ3) is 22.3. The van der Waals surface area contributed by atoms with E-state index in [9.17, 15) is 0 Å². The molecule has 11 heterocycles. The highest BCUT2D eigenvalue weighted by Crippen LogP contribution is 2.47. The van der Waals surface area contributed by atoms with Crippen molar-refractivity contribution in [3.8, 4) is 0 Å². The molecule has 0 aromatic carbocycles. The molecule has 8 saturated heterocycles. The number of hydrazine groups is 3. The number of likely N-dealkylation sites (tertiary alicyclic amines) is 6. The number of nitrogens with one attached hydrogen (secondary N) is 5. The summed E-state index contributed by atoms with van der Waals surface area (Å²) in [7, 11) is 13.5. The van der Waals surface area contributed by atoms with Crippen LogP contribution in [-0.2, 0) is 28.7 Å². The molecule has 8 fully saturated rings. The van der Waals surface area contributed by atoms with Crippen molar-refractivity contribution in [1.82, 2.24) is 86.9 Å².